The molecule has 0 amide bonds. The van der Waals surface area contributed by atoms with Gasteiger partial charge in [-0.15, -0.1) is 0 Å². The maximum atomic E-state index is 5.38. The molecule has 0 aliphatic heterocycles. The van der Waals surface area contributed by atoms with Crippen molar-refractivity contribution in [2.75, 3.05) is 0 Å². The molecule has 11 aromatic rings. The Morgan fingerprint density at radius 3 is 1.38 bits per heavy atom. The molecule has 16 rings (SSSR count). The van der Waals surface area contributed by atoms with Gasteiger partial charge in [0.2, 0.25) is 0 Å². The maximum absolute atomic E-state index is 5.38. The molecule has 2 heterocycles. The van der Waals surface area contributed by atoms with Gasteiger partial charge in [0.15, 0.2) is 23.3 Å². The lowest BCUT2D eigenvalue weighted by molar-refractivity contribution is 0.755. The highest BCUT2D eigenvalue weighted by molar-refractivity contribution is 5.99. The topological polar surface area (TPSA) is 64.5 Å². The largest absolute Gasteiger partial charge is 0.237 e. The van der Waals surface area contributed by atoms with Crippen LogP contribution in [0.5, 0.6) is 0 Å². The van der Waals surface area contributed by atoms with Crippen LogP contribution >= 0.6 is 0 Å². The summed E-state index contributed by atoms with van der Waals surface area (Å²) in [5.41, 5.74) is 24.1. The van der Waals surface area contributed by atoms with Crippen LogP contribution in [-0.2, 0) is 5.41 Å². The van der Waals surface area contributed by atoms with Gasteiger partial charge in [-0.3, -0.25) is 0 Å². The molecule has 69 heavy (non-hydrogen) atoms. The van der Waals surface area contributed by atoms with Crippen molar-refractivity contribution >= 4 is 0 Å². The number of hydrogen-bond acceptors (Lipinski definition) is 5. The molecule has 5 aliphatic carbocycles. The summed E-state index contributed by atoms with van der Waals surface area (Å²) in [6.45, 7) is 0. The molecule has 0 saturated carbocycles. The number of rotatable bonds is 5. The SMILES string of the molecule is c1ccc(-c2nc(-c3ccc(-c4ccc5c(c4)C4c6ccccc6C5c5cc(-c6ncccn6)ccc54)cc3)nc(-c3cccc4c3-c3ccccc3C43c4ccccc4-c4ccccc43)n2)cc1. The summed E-state index contributed by atoms with van der Waals surface area (Å²) < 4.78 is 0. The van der Waals surface area contributed by atoms with Crippen molar-refractivity contribution in [2.24, 2.45) is 0 Å². The fourth-order valence-corrected chi connectivity index (χ4v) is 12.5. The second kappa shape index (κ2) is 14.5. The van der Waals surface area contributed by atoms with Gasteiger partial charge >= 0.3 is 0 Å². The zero-order chi connectivity index (χ0) is 45.2. The van der Waals surface area contributed by atoms with Gasteiger partial charge in [0.05, 0.1) is 5.41 Å². The molecular formula is C64H39N5. The summed E-state index contributed by atoms with van der Waals surface area (Å²) in [6.07, 6.45) is 3.63. The Morgan fingerprint density at radius 1 is 0.275 bits per heavy atom. The van der Waals surface area contributed by atoms with Crippen LogP contribution in [0.2, 0.25) is 0 Å². The Kier molecular flexibility index (Phi) is 8.05. The van der Waals surface area contributed by atoms with Crippen LogP contribution in [0, 0.1) is 0 Å². The number of aromatic nitrogens is 5. The third kappa shape index (κ3) is 5.38. The fourth-order valence-electron chi connectivity index (χ4n) is 12.5. The van der Waals surface area contributed by atoms with Crippen molar-refractivity contribution in [1.29, 1.82) is 0 Å². The van der Waals surface area contributed by atoms with Crippen molar-refractivity contribution in [3.05, 3.63) is 280 Å². The summed E-state index contributed by atoms with van der Waals surface area (Å²) in [7, 11) is 0. The lowest BCUT2D eigenvalue weighted by Crippen LogP contribution is -2.27. The Morgan fingerprint density at radius 2 is 0.725 bits per heavy atom. The number of hydrogen-bond donors (Lipinski definition) is 0. The van der Waals surface area contributed by atoms with E-state index in [1.165, 1.54) is 83.5 Å². The first-order chi connectivity index (χ1) is 34.2. The van der Waals surface area contributed by atoms with E-state index in [0.29, 0.717) is 17.5 Å². The van der Waals surface area contributed by atoms with Gasteiger partial charge < -0.3 is 0 Å². The molecule has 2 aromatic heterocycles. The molecule has 5 nitrogen and oxygen atoms in total. The minimum atomic E-state index is -0.465. The third-order valence-electron chi connectivity index (χ3n) is 15.3. The lowest BCUT2D eigenvalue weighted by atomic mass is 9.60. The second-order valence-electron chi connectivity index (χ2n) is 18.6. The first-order valence-electron chi connectivity index (χ1n) is 23.7. The van der Waals surface area contributed by atoms with Crippen molar-refractivity contribution in [3.63, 3.8) is 0 Å². The van der Waals surface area contributed by atoms with Crippen molar-refractivity contribution in [2.45, 2.75) is 17.3 Å². The Hall–Kier alpha value is -8.93. The first kappa shape index (κ1) is 38.2. The number of benzene rings is 9. The van der Waals surface area contributed by atoms with E-state index in [2.05, 4.69) is 198 Å². The highest BCUT2D eigenvalue weighted by Crippen LogP contribution is 2.64. The quantitative estimate of drug-likeness (QED) is 0.172. The van der Waals surface area contributed by atoms with Crippen molar-refractivity contribution in [3.8, 4) is 78.9 Å². The average molecular weight is 878 g/mol. The smallest absolute Gasteiger partial charge is 0.164 e. The molecular weight excluding hydrogens is 839 g/mol. The lowest BCUT2D eigenvalue weighted by Gasteiger charge is -2.42. The van der Waals surface area contributed by atoms with E-state index in [-0.39, 0.29) is 11.8 Å². The molecule has 2 unspecified atom stereocenters. The third-order valence-corrected chi connectivity index (χ3v) is 15.3. The van der Waals surface area contributed by atoms with E-state index in [4.69, 9.17) is 15.0 Å². The zero-order valence-electron chi connectivity index (χ0n) is 37.3. The highest BCUT2D eigenvalue weighted by Gasteiger charge is 2.52. The van der Waals surface area contributed by atoms with Gasteiger partial charge in [-0.05, 0) is 107 Å². The summed E-state index contributed by atoms with van der Waals surface area (Å²) in [4.78, 5) is 25.0. The molecule has 5 heteroatoms. The predicted octanol–water partition coefficient (Wildman–Crippen LogP) is 14.3. The predicted molar refractivity (Wildman–Crippen MR) is 274 cm³/mol. The monoisotopic (exact) mass is 877 g/mol. The van der Waals surface area contributed by atoms with Gasteiger partial charge in [0.1, 0.15) is 0 Å². The summed E-state index contributed by atoms with van der Waals surface area (Å²) >= 11 is 0. The van der Waals surface area contributed by atoms with Gasteiger partial charge in [0.25, 0.3) is 0 Å². The van der Waals surface area contributed by atoms with Crippen LogP contribution < -0.4 is 0 Å². The van der Waals surface area contributed by atoms with Crippen molar-refractivity contribution in [1.82, 2.24) is 24.9 Å². The fraction of sp³-hybridized carbons (Fsp3) is 0.0469. The van der Waals surface area contributed by atoms with E-state index in [9.17, 15) is 0 Å². The maximum Gasteiger partial charge on any atom is 0.164 e. The highest BCUT2D eigenvalue weighted by atomic mass is 15.0. The van der Waals surface area contributed by atoms with Gasteiger partial charge in [-0.1, -0.05) is 194 Å². The standard InChI is InChI=1S/C64H39N5/c1-2-14-39(15-3-1)61-67-62(69-63(68-61)50-21-12-25-56-59(50)49-20-8-11-24-55(49)64(56)53-22-9-6-16-43(53)44-17-7-10-23-54(44)64)40-28-26-38(27-29-40)41-30-32-47-51(36-41)57-45-18-4-5-19-46(45)58(47)52-37-42(31-33-48(52)57)60-65-34-13-35-66-60/h1-37,57-58H. The molecule has 0 fully saturated rings. The molecule has 0 N–H and O–H groups in total. The average Bonchev–Trinajstić information content (AvgIpc) is 3.91. The molecule has 0 radical (unpaired) electrons. The van der Waals surface area contributed by atoms with E-state index in [0.717, 1.165) is 33.6 Å². The molecule has 1 spiro atoms. The molecule has 5 aliphatic rings. The minimum Gasteiger partial charge on any atom is -0.237 e. The van der Waals surface area contributed by atoms with E-state index in [1.807, 2.05) is 36.7 Å². The summed E-state index contributed by atoms with van der Waals surface area (Å²) in [5.74, 6) is 2.96. The molecule has 320 valence electrons. The second-order valence-corrected chi connectivity index (χ2v) is 18.6. The number of fused-ring (bicyclic) bond motifs is 10. The van der Waals surface area contributed by atoms with Crippen LogP contribution in [0.25, 0.3) is 78.9 Å². The van der Waals surface area contributed by atoms with Crippen LogP contribution in [0.4, 0.5) is 0 Å². The minimum absolute atomic E-state index is 0.139. The van der Waals surface area contributed by atoms with E-state index < -0.39 is 5.41 Å². The van der Waals surface area contributed by atoms with Gasteiger partial charge in [-0.2, -0.15) is 0 Å². The molecule has 2 atom stereocenters. The first-order valence-corrected chi connectivity index (χ1v) is 23.7. The zero-order valence-corrected chi connectivity index (χ0v) is 37.3. The molecule has 0 saturated heterocycles. The van der Waals surface area contributed by atoms with Crippen LogP contribution in [0.15, 0.2) is 225 Å². The van der Waals surface area contributed by atoms with Gasteiger partial charge in [-0.25, -0.2) is 24.9 Å². The van der Waals surface area contributed by atoms with E-state index >= 15 is 0 Å². The summed E-state index contributed by atoms with van der Waals surface area (Å²) in [5, 5.41) is 0. The molecule has 2 bridgehead atoms. The van der Waals surface area contributed by atoms with Crippen LogP contribution in [0.1, 0.15) is 67.5 Å². The normalized spacial score (nSPS) is 15.7. The van der Waals surface area contributed by atoms with Crippen molar-refractivity contribution < 1.29 is 0 Å². The van der Waals surface area contributed by atoms with E-state index in [1.54, 1.807) is 0 Å². The number of nitrogens with zero attached hydrogens (tertiary/aromatic N) is 5. The summed E-state index contributed by atoms with van der Waals surface area (Å²) in [6, 6.07) is 77.2. The van der Waals surface area contributed by atoms with Gasteiger partial charge in [0, 0.05) is 46.5 Å². The Labute approximate surface area is 399 Å². The Balaban J connectivity index is 0.843. The van der Waals surface area contributed by atoms with Crippen LogP contribution in [-0.4, -0.2) is 24.9 Å². The van der Waals surface area contributed by atoms with Crippen LogP contribution in [0.3, 0.4) is 0 Å². The molecule has 9 aromatic carbocycles. The Bertz CT molecular complexity index is 3870.